The maximum absolute atomic E-state index is 5.95. The largest absolute Gasteiger partial charge is 0.490 e. The Morgan fingerprint density at radius 2 is 2.00 bits per heavy atom. The highest BCUT2D eigenvalue weighted by molar-refractivity contribution is 5.47. The van der Waals surface area contributed by atoms with Gasteiger partial charge in [0.1, 0.15) is 5.75 Å². The van der Waals surface area contributed by atoms with Crippen LogP contribution in [-0.4, -0.2) is 13.2 Å². The van der Waals surface area contributed by atoms with E-state index in [9.17, 15) is 0 Å². The lowest BCUT2D eigenvalue weighted by Crippen LogP contribution is -2.29. The minimum absolute atomic E-state index is 0.324. The number of rotatable bonds is 1. The predicted molar refractivity (Wildman–Crippen MR) is 65.0 cm³/mol. The van der Waals surface area contributed by atoms with Gasteiger partial charge in [0.2, 0.25) is 0 Å². The summed E-state index contributed by atoms with van der Waals surface area (Å²) in [6.07, 6.45) is 5.17. The van der Waals surface area contributed by atoms with Gasteiger partial charge in [0, 0.05) is 18.0 Å². The lowest BCUT2D eigenvalue weighted by atomic mass is 9.94. The molecule has 0 bridgehead atoms. The number of hydrogen-bond donors (Lipinski definition) is 1. The summed E-state index contributed by atoms with van der Waals surface area (Å²) in [5.41, 5.74) is 4.40. The van der Waals surface area contributed by atoms with Gasteiger partial charge < -0.3 is 10.1 Å². The fraction of sp³-hybridized carbons (Fsp3) is 0.571. The molecule has 2 unspecified atom stereocenters. The normalized spacial score (nSPS) is 27.1. The fourth-order valence-electron chi connectivity index (χ4n) is 2.99. The summed E-state index contributed by atoms with van der Waals surface area (Å²) in [6, 6.07) is 5.10. The molecule has 0 fully saturated rings. The van der Waals surface area contributed by atoms with E-state index in [1.165, 1.54) is 36.0 Å². The second-order valence-electron chi connectivity index (χ2n) is 5.02. The Hall–Kier alpha value is -1.02. The van der Waals surface area contributed by atoms with Crippen LogP contribution < -0.4 is 10.1 Å². The minimum atomic E-state index is 0.324. The monoisotopic (exact) mass is 217 g/mol. The third-order valence-corrected chi connectivity index (χ3v) is 3.84. The summed E-state index contributed by atoms with van der Waals surface area (Å²) in [5.74, 6) is 1.11. The quantitative estimate of drug-likeness (QED) is 0.780. The Bertz CT molecular complexity index is 413. The molecule has 0 spiro atoms. The molecular formula is C14H19NO. The molecule has 0 aromatic heterocycles. The highest BCUT2D eigenvalue weighted by Crippen LogP contribution is 2.38. The van der Waals surface area contributed by atoms with Crippen LogP contribution in [0.2, 0.25) is 0 Å². The summed E-state index contributed by atoms with van der Waals surface area (Å²) >= 11 is 0. The van der Waals surface area contributed by atoms with Gasteiger partial charge in [-0.05, 0) is 50.4 Å². The number of benzene rings is 1. The van der Waals surface area contributed by atoms with E-state index >= 15 is 0 Å². The second kappa shape index (κ2) is 3.77. The van der Waals surface area contributed by atoms with Gasteiger partial charge in [0.15, 0.2) is 0 Å². The van der Waals surface area contributed by atoms with Gasteiger partial charge in [-0.25, -0.2) is 0 Å². The van der Waals surface area contributed by atoms with Crippen LogP contribution >= 0.6 is 0 Å². The summed E-state index contributed by atoms with van der Waals surface area (Å²) in [5, 5.41) is 3.40. The molecule has 1 heterocycles. The molecule has 2 aliphatic rings. The van der Waals surface area contributed by atoms with Crippen molar-refractivity contribution in [2.45, 2.75) is 44.8 Å². The third-order valence-electron chi connectivity index (χ3n) is 3.84. The van der Waals surface area contributed by atoms with Crippen LogP contribution in [0.5, 0.6) is 5.75 Å². The number of nitrogens with one attached hydrogen (secondary N) is 1. The van der Waals surface area contributed by atoms with Crippen molar-refractivity contribution in [3.63, 3.8) is 0 Å². The maximum Gasteiger partial charge on any atom is 0.124 e. The van der Waals surface area contributed by atoms with Crippen LogP contribution in [0.25, 0.3) is 0 Å². The van der Waals surface area contributed by atoms with Gasteiger partial charge in [0.05, 0.1) is 6.10 Å². The number of aryl methyl sites for hydroxylation is 2. The van der Waals surface area contributed by atoms with Crippen LogP contribution in [0.3, 0.4) is 0 Å². The van der Waals surface area contributed by atoms with Gasteiger partial charge in [-0.2, -0.15) is 0 Å². The average Bonchev–Trinajstić information content (AvgIpc) is 2.72. The van der Waals surface area contributed by atoms with Crippen molar-refractivity contribution in [2.75, 3.05) is 7.05 Å². The van der Waals surface area contributed by atoms with Crippen LogP contribution in [0.1, 0.15) is 42.5 Å². The first kappa shape index (κ1) is 10.2. The fourth-order valence-corrected chi connectivity index (χ4v) is 2.99. The minimum Gasteiger partial charge on any atom is -0.490 e. The third kappa shape index (κ3) is 1.52. The zero-order valence-electron chi connectivity index (χ0n) is 10.0. The van der Waals surface area contributed by atoms with Crippen LogP contribution in [0.15, 0.2) is 12.1 Å². The van der Waals surface area contributed by atoms with Crippen molar-refractivity contribution in [2.24, 2.45) is 0 Å². The van der Waals surface area contributed by atoms with E-state index in [1.807, 2.05) is 7.05 Å². The van der Waals surface area contributed by atoms with Crippen LogP contribution in [0.4, 0.5) is 0 Å². The molecule has 86 valence electrons. The Labute approximate surface area is 97.0 Å². The SMILES string of the molecule is CNC1CC(C)Oc2cc3c(cc21)CCC3. The summed E-state index contributed by atoms with van der Waals surface area (Å²) in [4.78, 5) is 0. The first-order valence-electron chi connectivity index (χ1n) is 6.27. The molecule has 1 aliphatic heterocycles. The maximum atomic E-state index is 5.95. The van der Waals surface area contributed by atoms with E-state index in [2.05, 4.69) is 24.4 Å². The molecule has 0 radical (unpaired) electrons. The number of fused-ring (bicyclic) bond motifs is 2. The van der Waals surface area contributed by atoms with Gasteiger partial charge in [-0.15, -0.1) is 0 Å². The Morgan fingerprint density at radius 3 is 2.75 bits per heavy atom. The molecule has 0 saturated carbocycles. The molecule has 1 aromatic carbocycles. The van der Waals surface area contributed by atoms with Crippen molar-refractivity contribution in [3.05, 3.63) is 28.8 Å². The first-order chi connectivity index (χ1) is 7.78. The molecular weight excluding hydrogens is 198 g/mol. The molecule has 16 heavy (non-hydrogen) atoms. The van der Waals surface area contributed by atoms with Crippen molar-refractivity contribution >= 4 is 0 Å². The zero-order chi connectivity index (χ0) is 11.1. The molecule has 3 rings (SSSR count). The lowest BCUT2D eigenvalue weighted by molar-refractivity contribution is 0.169. The van der Waals surface area contributed by atoms with E-state index < -0.39 is 0 Å². The first-order valence-corrected chi connectivity index (χ1v) is 6.27. The molecule has 0 amide bonds. The zero-order valence-corrected chi connectivity index (χ0v) is 10.0. The van der Waals surface area contributed by atoms with Crippen molar-refractivity contribution in [1.29, 1.82) is 0 Å². The number of ether oxygens (including phenoxy) is 1. The van der Waals surface area contributed by atoms with E-state index in [1.54, 1.807) is 0 Å². The van der Waals surface area contributed by atoms with Crippen molar-refractivity contribution in [3.8, 4) is 5.75 Å². The highest BCUT2D eigenvalue weighted by atomic mass is 16.5. The molecule has 2 heteroatoms. The van der Waals surface area contributed by atoms with E-state index in [4.69, 9.17) is 4.74 Å². The topological polar surface area (TPSA) is 21.3 Å². The molecule has 2 atom stereocenters. The smallest absolute Gasteiger partial charge is 0.124 e. The molecule has 1 N–H and O–H groups in total. The van der Waals surface area contributed by atoms with Crippen LogP contribution in [0, 0.1) is 0 Å². The standard InChI is InChI=1S/C14H19NO/c1-9-6-13(15-2)12-7-10-4-3-5-11(10)8-14(12)16-9/h7-9,13,15H,3-6H2,1-2H3. The lowest BCUT2D eigenvalue weighted by Gasteiger charge is -2.31. The number of hydrogen-bond acceptors (Lipinski definition) is 2. The summed E-state index contributed by atoms with van der Waals surface area (Å²) in [6.45, 7) is 2.15. The molecule has 1 aliphatic carbocycles. The summed E-state index contributed by atoms with van der Waals surface area (Å²) in [7, 11) is 2.04. The van der Waals surface area contributed by atoms with E-state index in [0.29, 0.717) is 12.1 Å². The van der Waals surface area contributed by atoms with Crippen LogP contribution in [-0.2, 0) is 12.8 Å². The van der Waals surface area contributed by atoms with E-state index in [-0.39, 0.29) is 0 Å². The van der Waals surface area contributed by atoms with Crippen molar-refractivity contribution < 1.29 is 4.74 Å². The Kier molecular flexibility index (Phi) is 2.40. The Morgan fingerprint density at radius 1 is 1.25 bits per heavy atom. The van der Waals surface area contributed by atoms with E-state index in [0.717, 1.165) is 12.2 Å². The van der Waals surface area contributed by atoms with Gasteiger partial charge in [-0.1, -0.05) is 6.07 Å². The summed E-state index contributed by atoms with van der Waals surface area (Å²) < 4.78 is 5.95. The molecule has 0 saturated heterocycles. The van der Waals surface area contributed by atoms with Gasteiger partial charge in [0.25, 0.3) is 0 Å². The Balaban J connectivity index is 2.07. The van der Waals surface area contributed by atoms with Gasteiger partial charge in [-0.3, -0.25) is 0 Å². The van der Waals surface area contributed by atoms with Gasteiger partial charge >= 0.3 is 0 Å². The molecule has 2 nitrogen and oxygen atoms in total. The average molecular weight is 217 g/mol. The highest BCUT2D eigenvalue weighted by Gasteiger charge is 2.27. The van der Waals surface area contributed by atoms with Crippen molar-refractivity contribution in [1.82, 2.24) is 5.32 Å². The second-order valence-corrected chi connectivity index (χ2v) is 5.02. The predicted octanol–water partition coefficient (Wildman–Crippen LogP) is 2.61. The molecule has 1 aromatic rings.